The predicted molar refractivity (Wildman–Crippen MR) is 78.6 cm³/mol. The highest BCUT2D eigenvalue weighted by molar-refractivity contribution is 5.83. The van der Waals surface area contributed by atoms with Crippen molar-refractivity contribution in [2.24, 2.45) is 0 Å². The fraction of sp³-hybridized carbons (Fsp3) is 0.875. The third-order valence-electron chi connectivity index (χ3n) is 4.82. The molecule has 0 saturated carbocycles. The summed E-state index contributed by atoms with van der Waals surface area (Å²) in [6.07, 6.45) is -1.79. The molecule has 3 aliphatic rings. The molecule has 3 saturated heterocycles. The Morgan fingerprint density at radius 1 is 1.21 bits per heavy atom. The van der Waals surface area contributed by atoms with Gasteiger partial charge in [0.2, 0.25) is 11.9 Å². The molecule has 3 fully saturated rings. The Morgan fingerprint density at radius 2 is 1.88 bits per heavy atom. The van der Waals surface area contributed by atoms with Crippen molar-refractivity contribution in [1.82, 2.24) is 0 Å². The van der Waals surface area contributed by atoms with Gasteiger partial charge in [-0.15, -0.1) is 0 Å². The lowest BCUT2D eigenvalue weighted by Gasteiger charge is -2.30. The van der Waals surface area contributed by atoms with E-state index in [1.54, 1.807) is 13.8 Å². The van der Waals surface area contributed by atoms with Crippen molar-refractivity contribution in [3.05, 3.63) is 0 Å². The molecule has 0 amide bonds. The first-order valence-electron chi connectivity index (χ1n) is 8.23. The van der Waals surface area contributed by atoms with Crippen LogP contribution in [0.4, 0.5) is 0 Å². The van der Waals surface area contributed by atoms with Gasteiger partial charge in [-0.2, -0.15) is 0 Å². The van der Waals surface area contributed by atoms with Gasteiger partial charge < -0.3 is 28.4 Å². The number of rotatable bonds is 3. The van der Waals surface area contributed by atoms with Crippen LogP contribution in [0.5, 0.6) is 0 Å². The summed E-state index contributed by atoms with van der Waals surface area (Å²) >= 11 is 0. The second-order valence-electron chi connectivity index (χ2n) is 6.79. The van der Waals surface area contributed by atoms with Crippen LogP contribution in [0.3, 0.4) is 0 Å². The number of methoxy groups -OCH3 is 1. The molecular weight excluding hydrogens is 320 g/mol. The van der Waals surface area contributed by atoms with Gasteiger partial charge in [-0.3, -0.25) is 0 Å². The quantitative estimate of drug-likeness (QED) is 0.707. The fourth-order valence-corrected chi connectivity index (χ4v) is 3.56. The van der Waals surface area contributed by atoms with Gasteiger partial charge >= 0.3 is 11.9 Å². The lowest BCUT2D eigenvalue weighted by atomic mass is 9.94. The minimum atomic E-state index is -1.57. The van der Waals surface area contributed by atoms with Crippen LogP contribution in [0.15, 0.2) is 0 Å². The van der Waals surface area contributed by atoms with Crippen molar-refractivity contribution < 1.29 is 38.0 Å². The Morgan fingerprint density at radius 3 is 2.46 bits per heavy atom. The molecule has 3 rings (SSSR count). The molecule has 8 heteroatoms. The van der Waals surface area contributed by atoms with E-state index < -0.39 is 47.6 Å². The number of fused-ring (bicyclic) bond motifs is 2. The monoisotopic (exact) mass is 344 g/mol. The molecule has 0 N–H and O–H groups in total. The zero-order valence-electron chi connectivity index (χ0n) is 14.6. The van der Waals surface area contributed by atoms with E-state index in [-0.39, 0.29) is 6.42 Å². The van der Waals surface area contributed by atoms with E-state index in [2.05, 4.69) is 0 Å². The van der Waals surface area contributed by atoms with Crippen molar-refractivity contribution >= 4 is 11.9 Å². The summed E-state index contributed by atoms with van der Waals surface area (Å²) in [7, 11) is 1.26. The van der Waals surface area contributed by atoms with Crippen LogP contribution in [0.2, 0.25) is 0 Å². The number of esters is 2. The van der Waals surface area contributed by atoms with E-state index in [1.165, 1.54) is 7.11 Å². The van der Waals surface area contributed by atoms with Crippen molar-refractivity contribution in [3.8, 4) is 0 Å². The molecular formula is C16H24O8. The van der Waals surface area contributed by atoms with Gasteiger partial charge in [0.15, 0.2) is 17.7 Å². The summed E-state index contributed by atoms with van der Waals surface area (Å²) < 4.78 is 33.7. The molecule has 8 nitrogen and oxygen atoms in total. The molecule has 0 spiro atoms. The maximum atomic E-state index is 12.6. The maximum Gasteiger partial charge on any atom is 0.345 e. The topological polar surface area (TPSA) is 89.5 Å². The molecule has 0 aliphatic carbocycles. The summed E-state index contributed by atoms with van der Waals surface area (Å²) in [4.78, 5) is 25.0. The number of hydrogen-bond donors (Lipinski definition) is 0. The Kier molecular flexibility index (Phi) is 4.15. The number of ether oxygens (including phenoxy) is 6. The van der Waals surface area contributed by atoms with Gasteiger partial charge in [-0.1, -0.05) is 13.8 Å². The van der Waals surface area contributed by atoms with Gasteiger partial charge in [-0.25, -0.2) is 9.59 Å². The molecule has 24 heavy (non-hydrogen) atoms. The third-order valence-corrected chi connectivity index (χ3v) is 4.82. The average Bonchev–Trinajstić information content (AvgIpc) is 2.99. The molecule has 0 unspecified atom stereocenters. The molecule has 0 bridgehead atoms. The molecule has 0 aromatic carbocycles. The first-order chi connectivity index (χ1) is 11.2. The van der Waals surface area contributed by atoms with Gasteiger partial charge in [0.25, 0.3) is 0 Å². The van der Waals surface area contributed by atoms with E-state index in [9.17, 15) is 9.59 Å². The van der Waals surface area contributed by atoms with Crippen LogP contribution in [0.25, 0.3) is 0 Å². The van der Waals surface area contributed by atoms with Crippen molar-refractivity contribution in [2.45, 2.75) is 82.6 Å². The van der Waals surface area contributed by atoms with E-state index in [0.29, 0.717) is 12.8 Å². The Labute approximate surface area is 140 Å². The lowest BCUT2D eigenvalue weighted by Crippen LogP contribution is -2.51. The van der Waals surface area contributed by atoms with E-state index in [1.807, 2.05) is 13.8 Å². The zero-order valence-corrected chi connectivity index (χ0v) is 14.6. The third kappa shape index (κ3) is 2.52. The zero-order chi connectivity index (χ0) is 17.8. The van der Waals surface area contributed by atoms with E-state index in [4.69, 9.17) is 28.4 Å². The Hall–Kier alpha value is -1.22. The van der Waals surface area contributed by atoms with E-state index in [0.717, 1.165) is 0 Å². The summed E-state index contributed by atoms with van der Waals surface area (Å²) in [5.74, 6) is -3.25. The first-order valence-corrected chi connectivity index (χ1v) is 8.23. The molecule has 0 radical (unpaired) electrons. The number of carbonyl (C=O) groups excluding carboxylic acids is 2. The molecule has 136 valence electrons. The van der Waals surface area contributed by atoms with Crippen LogP contribution in [-0.2, 0) is 38.0 Å². The van der Waals surface area contributed by atoms with Crippen LogP contribution in [-0.4, -0.2) is 54.7 Å². The van der Waals surface area contributed by atoms with Gasteiger partial charge in [-0.05, 0) is 26.7 Å². The average molecular weight is 344 g/mol. The highest BCUT2D eigenvalue weighted by atomic mass is 16.9. The van der Waals surface area contributed by atoms with Crippen LogP contribution >= 0.6 is 0 Å². The summed E-state index contributed by atoms with van der Waals surface area (Å²) in [6, 6.07) is 0. The molecule has 3 aliphatic heterocycles. The van der Waals surface area contributed by atoms with Crippen molar-refractivity contribution in [1.29, 1.82) is 0 Å². The smallest absolute Gasteiger partial charge is 0.345 e. The normalized spacial score (nSPS) is 39.5. The van der Waals surface area contributed by atoms with Crippen LogP contribution in [0, 0.1) is 0 Å². The van der Waals surface area contributed by atoms with Gasteiger partial charge in [0.1, 0.15) is 6.10 Å². The summed E-state index contributed by atoms with van der Waals surface area (Å²) in [6.45, 7) is 7.16. The Bertz CT molecular complexity index is 540. The standard InChI is InChI=1S/C16H24O8/c1-6-15(7-2)23-13-16(24-15,12(18)19-5)8-9-10(11(17)20-13)22-14(3,4)21-9/h9-10,13H,6-8H2,1-5H3/t9-,10-,13-,16+/m1/s1. The second-order valence-corrected chi connectivity index (χ2v) is 6.79. The SMILES string of the molecule is CCC1(CC)O[C@H]2OC(=O)[C@@H]3OC(C)(C)O[C@@H]3C[C@@]2(C(=O)OC)O1. The highest BCUT2D eigenvalue weighted by Crippen LogP contribution is 2.48. The lowest BCUT2D eigenvalue weighted by molar-refractivity contribution is -0.221. The second kappa shape index (κ2) is 5.66. The van der Waals surface area contributed by atoms with Crippen LogP contribution in [0.1, 0.15) is 47.0 Å². The van der Waals surface area contributed by atoms with Crippen LogP contribution < -0.4 is 0 Å². The number of hydrogen-bond acceptors (Lipinski definition) is 8. The summed E-state index contributed by atoms with van der Waals surface area (Å²) in [5.41, 5.74) is -1.57. The van der Waals surface area contributed by atoms with Gasteiger partial charge in [0.05, 0.1) is 7.11 Å². The van der Waals surface area contributed by atoms with Crippen molar-refractivity contribution in [3.63, 3.8) is 0 Å². The maximum absolute atomic E-state index is 12.6. The predicted octanol–water partition coefficient (Wildman–Crippen LogP) is 1.25. The fourth-order valence-electron chi connectivity index (χ4n) is 3.56. The molecule has 4 atom stereocenters. The number of carbonyl (C=O) groups is 2. The molecule has 0 aromatic rings. The first kappa shape index (κ1) is 17.6. The summed E-state index contributed by atoms with van der Waals surface area (Å²) in [5, 5.41) is 0. The molecule has 0 aromatic heterocycles. The van der Waals surface area contributed by atoms with Gasteiger partial charge in [0, 0.05) is 6.42 Å². The molecule has 3 heterocycles. The minimum Gasteiger partial charge on any atom is -0.467 e. The highest BCUT2D eigenvalue weighted by Gasteiger charge is 2.68. The Balaban J connectivity index is 2.00. The van der Waals surface area contributed by atoms with E-state index >= 15 is 0 Å². The largest absolute Gasteiger partial charge is 0.467 e. The minimum absolute atomic E-state index is 0.0475. The van der Waals surface area contributed by atoms with Crippen molar-refractivity contribution in [2.75, 3.05) is 7.11 Å².